The lowest BCUT2D eigenvalue weighted by Gasteiger charge is -2.14. The molecule has 2 N–H and O–H groups in total. The zero-order chi connectivity index (χ0) is 15.7. The van der Waals surface area contributed by atoms with Gasteiger partial charge in [-0.25, -0.2) is 4.39 Å². The minimum absolute atomic E-state index is 0.000702. The maximum absolute atomic E-state index is 14.3. The number of nitrogens with one attached hydrogen (secondary N) is 1. The fourth-order valence-electron chi connectivity index (χ4n) is 2.22. The lowest BCUT2D eigenvalue weighted by atomic mass is 10.1. The number of rotatable bonds is 3. The number of aromatic nitrogens is 1. The summed E-state index contributed by atoms with van der Waals surface area (Å²) >= 11 is 9.25. The second-order valence-electron chi connectivity index (χ2n) is 4.70. The standard InChI is InChI=1S/C16H11BrClFN2O/c17-10-2-4-13-11(7-10)14(5-6-20-13)21-16-9(8-22)1-3-12(18)15(16)19/h1-7,22H,8H2,(H,20,21). The second kappa shape index (κ2) is 6.20. The van der Waals surface area contributed by atoms with Crippen molar-refractivity contribution < 1.29 is 9.50 Å². The van der Waals surface area contributed by atoms with E-state index in [0.717, 1.165) is 15.4 Å². The van der Waals surface area contributed by atoms with Crippen LogP contribution in [-0.2, 0) is 6.61 Å². The smallest absolute Gasteiger partial charge is 0.165 e. The van der Waals surface area contributed by atoms with Gasteiger partial charge in [-0.1, -0.05) is 33.6 Å². The Morgan fingerprint density at radius 1 is 1.23 bits per heavy atom. The van der Waals surface area contributed by atoms with E-state index in [0.29, 0.717) is 11.3 Å². The first-order chi connectivity index (χ1) is 10.6. The minimum Gasteiger partial charge on any atom is -0.392 e. The van der Waals surface area contributed by atoms with Crippen LogP contribution < -0.4 is 5.32 Å². The van der Waals surface area contributed by atoms with Gasteiger partial charge >= 0.3 is 0 Å². The highest BCUT2D eigenvalue weighted by atomic mass is 79.9. The van der Waals surface area contributed by atoms with Crippen LogP contribution in [-0.4, -0.2) is 10.1 Å². The lowest BCUT2D eigenvalue weighted by Crippen LogP contribution is -2.01. The topological polar surface area (TPSA) is 45.1 Å². The number of hydrogen-bond donors (Lipinski definition) is 2. The van der Waals surface area contributed by atoms with Crippen LogP contribution in [0.15, 0.2) is 47.1 Å². The van der Waals surface area contributed by atoms with E-state index < -0.39 is 5.82 Å². The van der Waals surface area contributed by atoms with E-state index in [1.165, 1.54) is 6.07 Å². The Balaban J connectivity index is 2.15. The highest BCUT2D eigenvalue weighted by molar-refractivity contribution is 9.10. The number of benzene rings is 2. The minimum atomic E-state index is -0.590. The number of hydrogen-bond acceptors (Lipinski definition) is 3. The van der Waals surface area contributed by atoms with Crippen LogP contribution >= 0.6 is 27.5 Å². The molecule has 0 aliphatic carbocycles. The molecule has 112 valence electrons. The summed E-state index contributed by atoms with van der Waals surface area (Å²) in [5.74, 6) is -0.590. The summed E-state index contributed by atoms with van der Waals surface area (Å²) in [7, 11) is 0. The normalized spacial score (nSPS) is 10.9. The van der Waals surface area contributed by atoms with Gasteiger partial charge in [0.25, 0.3) is 0 Å². The Morgan fingerprint density at radius 3 is 2.82 bits per heavy atom. The van der Waals surface area contributed by atoms with Crippen LogP contribution in [0.2, 0.25) is 5.02 Å². The number of halogens is 3. The molecule has 0 saturated carbocycles. The molecule has 3 rings (SSSR count). The summed E-state index contributed by atoms with van der Waals surface area (Å²) in [4.78, 5) is 4.28. The molecule has 0 amide bonds. The van der Waals surface area contributed by atoms with Gasteiger partial charge in [-0.15, -0.1) is 0 Å². The van der Waals surface area contributed by atoms with Crippen molar-refractivity contribution in [2.75, 3.05) is 5.32 Å². The van der Waals surface area contributed by atoms with E-state index >= 15 is 0 Å². The molecule has 0 saturated heterocycles. The summed E-state index contributed by atoms with van der Waals surface area (Å²) in [5, 5.41) is 13.3. The van der Waals surface area contributed by atoms with Crippen LogP contribution in [0.25, 0.3) is 10.9 Å². The predicted molar refractivity (Wildman–Crippen MR) is 90.1 cm³/mol. The van der Waals surface area contributed by atoms with Crippen molar-refractivity contribution in [1.29, 1.82) is 0 Å². The van der Waals surface area contributed by atoms with Gasteiger partial charge in [0, 0.05) is 27.3 Å². The molecular formula is C16H11BrClFN2O. The summed E-state index contributed by atoms with van der Waals surface area (Å²) in [6.45, 7) is -0.289. The molecule has 0 radical (unpaired) electrons. The van der Waals surface area contributed by atoms with E-state index in [4.69, 9.17) is 11.6 Å². The summed E-state index contributed by atoms with van der Waals surface area (Å²) < 4.78 is 15.2. The Hall–Kier alpha value is -1.69. The Morgan fingerprint density at radius 2 is 2.05 bits per heavy atom. The molecule has 3 aromatic rings. The number of nitrogens with zero attached hydrogens (tertiary/aromatic N) is 1. The largest absolute Gasteiger partial charge is 0.392 e. The van der Waals surface area contributed by atoms with Crippen molar-refractivity contribution in [2.24, 2.45) is 0 Å². The fraction of sp³-hybridized carbons (Fsp3) is 0.0625. The SMILES string of the molecule is OCc1ccc(Cl)c(F)c1Nc1ccnc2ccc(Br)cc12. The molecule has 0 spiro atoms. The average molecular weight is 382 g/mol. The third-order valence-corrected chi connectivity index (χ3v) is 4.10. The first kappa shape index (κ1) is 15.2. The molecule has 1 aromatic heterocycles. The Kier molecular flexibility index (Phi) is 4.29. The highest BCUT2D eigenvalue weighted by Crippen LogP contribution is 2.32. The van der Waals surface area contributed by atoms with Crippen molar-refractivity contribution in [3.05, 3.63) is 63.5 Å². The van der Waals surface area contributed by atoms with Crippen molar-refractivity contribution >= 4 is 49.8 Å². The third-order valence-electron chi connectivity index (χ3n) is 3.31. The average Bonchev–Trinajstić information content (AvgIpc) is 2.52. The maximum Gasteiger partial charge on any atom is 0.165 e. The third kappa shape index (κ3) is 2.79. The molecule has 0 aliphatic heterocycles. The molecule has 0 bridgehead atoms. The fourth-order valence-corrected chi connectivity index (χ4v) is 2.74. The van der Waals surface area contributed by atoms with Crippen molar-refractivity contribution in [2.45, 2.75) is 6.61 Å². The number of aliphatic hydroxyl groups is 1. The van der Waals surface area contributed by atoms with E-state index in [1.807, 2.05) is 18.2 Å². The first-order valence-corrected chi connectivity index (χ1v) is 7.66. The highest BCUT2D eigenvalue weighted by Gasteiger charge is 2.13. The van der Waals surface area contributed by atoms with Gasteiger partial charge in [0.1, 0.15) is 0 Å². The van der Waals surface area contributed by atoms with Crippen LogP contribution in [0.4, 0.5) is 15.8 Å². The van der Waals surface area contributed by atoms with E-state index in [9.17, 15) is 9.50 Å². The zero-order valence-corrected chi connectivity index (χ0v) is 13.6. The molecule has 0 unspecified atom stereocenters. The number of fused-ring (bicyclic) bond motifs is 1. The van der Waals surface area contributed by atoms with Crippen LogP contribution in [0, 0.1) is 5.82 Å². The maximum atomic E-state index is 14.3. The Labute approximate surface area is 139 Å². The molecule has 0 atom stereocenters. The van der Waals surface area contributed by atoms with Gasteiger partial charge < -0.3 is 10.4 Å². The van der Waals surface area contributed by atoms with E-state index in [2.05, 4.69) is 26.2 Å². The zero-order valence-electron chi connectivity index (χ0n) is 11.3. The van der Waals surface area contributed by atoms with Crippen LogP contribution in [0.3, 0.4) is 0 Å². The van der Waals surface area contributed by atoms with Gasteiger partial charge in [-0.2, -0.15) is 0 Å². The number of anilines is 2. The van der Waals surface area contributed by atoms with Gasteiger partial charge in [0.05, 0.1) is 22.8 Å². The number of aliphatic hydroxyl groups excluding tert-OH is 1. The monoisotopic (exact) mass is 380 g/mol. The molecule has 22 heavy (non-hydrogen) atoms. The van der Waals surface area contributed by atoms with Gasteiger partial charge in [-0.3, -0.25) is 4.98 Å². The molecular weight excluding hydrogens is 371 g/mol. The van der Waals surface area contributed by atoms with Gasteiger partial charge in [0.2, 0.25) is 0 Å². The Bertz CT molecular complexity index is 857. The van der Waals surface area contributed by atoms with E-state index in [-0.39, 0.29) is 17.3 Å². The molecule has 0 fully saturated rings. The summed E-state index contributed by atoms with van der Waals surface area (Å²) in [6.07, 6.45) is 1.64. The molecule has 1 heterocycles. The molecule has 6 heteroatoms. The second-order valence-corrected chi connectivity index (χ2v) is 6.02. The lowest BCUT2D eigenvalue weighted by molar-refractivity contribution is 0.282. The summed E-state index contributed by atoms with van der Waals surface area (Å²) in [5.41, 5.74) is 2.06. The molecule has 0 aliphatic rings. The summed E-state index contributed by atoms with van der Waals surface area (Å²) in [6, 6.07) is 10.4. The van der Waals surface area contributed by atoms with Crippen LogP contribution in [0.5, 0.6) is 0 Å². The van der Waals surface area contributed by atoms with E-state index in [1.54, 1.807) is 18.3 Å². The van der Waals surface area contributed by atoms with Crippen molar-refractivity contribution in [3.63, 3.8) is 0 Å². The van der Waals surface area contributed by atoms with Gasteiger partial charge in [-0.05, 0) is 30.3 Å². The molecule has 3 nitrogen and oxygen atoms in total. The van der Waals surface area contributed by atoms with Crippen molar-refractivity contribution in [3.8, 4) is 0 Å². The van der Waals surface area contributed by atoms with Gasteiger partial charge in [0.15, 0.2) is 5.82 Å². The first-order valence-electron chi connectivity index (χ1n) is 6.49. The van der Waals surface area contributed by atoms with Crippen LogP contribution in [0.1, 0.15) is 5.56 Å². The quantitative estimate of drug-likeness (QED) is 0.669. The molecule has 2 aromatic carbocycles. The number of pyridine rings is 1. The van der Waals surface area contributed by atoms with Crippen molar-refractivity contribution in [1.82, 2.24) is 4.98 Å². The predicted octanol–water partition coefficient (Wildman–Crippen LogP) is 5.03.